The molecule has 0 spiro atoms. The summed E-state index contributed by atoms with van der Waals surface area (Å²) in [6.07, 6.45) is 1.59. The summed E-state index contributed by atoms with van der Waals surface area (Å²) >= 11 is 0. The monoisotopic (exact) mass is 287 g/mol. The van der Waals surface area contributed by atoms with Gasteiger partial charge in [-0.05, 0) is 32.4 Å². The Bertz CT molecular complexity index is 607. The van der Waals surface area contributed by atoms with Crippen molar-refractivity contribution in [2.24, 2.45) is 0 Å². The highest BCUT2D eigenvalue weighted by Gasteiger charge is 2.36. The summed E-state index contributed by atoms with van der Waals surface area (Å²) in [6, 6.07) is 2.75. The zero-order valence-electron chi connectivity index (χ0n) is 12.4. The average Bonchev–Trinajstić information content (AvgIpc) is 2.67. The molecule has 2 amide bonds. The van der Waals surface area contributed by atoms with Crippen LogP contribution in [0.2, 0.25) is 0 Å². The number of rotatable bonds is 5. The van der Waals surface area contributed by atoms with E-state index in [0.717, 1.165) is 12.8 Å². The third kappa shape index (κ3) is 2.51. The number of imide groups is 1. The Morgan fingerprint density at radius 3 is 1.71 bits per heavy atom. The lowest BCUT2D eigenvalue weighted by Gasteiger charge is -2.12. The highest BCUT2D eigenvalue weighted by atomic mass is 16.2. The lowest BCUT2D eigenvalue weighted by molar-refractivity contribution is 0.0652. The Labute approximate surface area is 122 Å². The van der Waals surface area contributed by atoms with Crippen LogP contribution in [-0.4, -0.2) is 34.8 Å². The van der Waals surface area contributed by atoms with E-state index in [1.54, 1.807) is 0 Å². The van der Waals surface area contributed by atoms with Crippen molar-refractivity contribution < 1.29 is 19.2 Å². The topological polar surface area (TPSA) is 71.5 Å². The third-order valence-electron chi connectivity index (χ3n) is 3.60. The number of hydrogen-bond acceptors (Lipinski definition) is 4. The van der Waals surface area contributed by atoms with Crippen molar-refractivity contribution in [3.05, 3.63) is 34.4 Å². The molecule has 1 heterocycles. The molecule has 0 aliphatic carbocycles. The second-order valence-electron chi connectivity index (χ2n) is 5.17. The average molecular weight is 287 g/mol. The Balaban J connectivity index is 2.54. The van der Waals surface area contributed by atoms with Gasteiger partial charge in [0.15, 0.2) is 11.6 Å². The fraction of sp³-hybridized carbons (Fsp3) is 0.375. The first-order valence-corrected chi connectivity index (χ1v) is 6.94. The lowest BCUT2D eigenvalue weighted by atomic mass is 9.95. The number of amides is 2. The van der Waals surface area contributed by atoms with Gasteiger partial charge in [0.2, 0.25) is 0 Å². The van der Waals surface area contributed by atoms with Crippen molar-refractivity contribution in [2.45, 2.75) is 33.6 Å². The molecule has 0 atom stereocenters. The number of nitrogens with zero attached hydrogens (tertiary/aromatic N) is 1. The largest absolute Gasteiger partial charge is 0.294 e. The second kappa shape index (κ2) is 5.60. The number of unbranched alkanes of at least 4 members (excludes halogenated alkanes) is 1. The molecule has 1 aliphatic rings. The number of carbonyl (C=O) groups is 4. The van der Waals surface area contributed by atoms with Crippen molar-refractivity contribution in [2.75, 3.05) is 6.54 Å². The summed E-state index contributed by atoms with van der Waals surface area (Å²) in [4.78, 5) is 49.0. The summed E-state index contributed by atoms with van der Waals surface area (Å²) in [7, 11) is 0. The van der Waals surface area contributed by atoms with Crippen LogP contribution >= 0.6 is 0 Å². The second-order valence-corrected chi connectivity index (χ2v) is 5.17. The number of benzene rings is 1. The number of ketones is 2. The molecule has 0 saturated carbocycles. The first kappa shape index (κ1) is 15.1. The zero-order valence-corrected chi connectivity index (χ0v) is 12.4. The van der Waals surface area contributed by atoms with Crippen molar-refractivity contribution >= 4 is 23.4 Å². The van der Waals surface area contributed by atoms with Gasteiger partial charge in [-0.2, -0.15) is 0 Å². The predicted molar refractivity (Wildman–Crippen MR) is 76.7 cm³/mol. The smallest absolute Gasteiger partial charge is 0.261 e. The minimum atomic E-state index is -0.388. The molecular formula is C16H17NO4. The highest BCUT2D eigenvalue weighted by Crippen LogP contribution is 2.27. The summed E-state index contributed by atoms with van der Waals surface area (Å²) < 4.78 is 0. The van der Waals surface area contributed by atoms with E-state index in [9.17, 15) is 19.2 Å². The summed E-state index contributed by atoms with van der Waals surface area (Å²) in [5.74, 6) is -1.37. The van der Waals surface area contributed by atoms with Crippen LogP contribution in [0.4, 0.5) is 0 Å². The van der Waals surface area contributed by atoms with Gasteiger partial charge in [-0.3, -0.25) is 24.1 Å². The molecule has 0 fully saturated rings. The molecule has 5 heteroatoms. The number of fused-ring (bicyclic) bond motifs is 1. The van der Waals surface area contributed by atoms with Crippen molar-refractivity contribution in [1.29, 1.82) is 0 Å². The lowest BCUT2D eigenvalue weighted by Crippen LogP contribution is -2.30. The summed E-state index contributed by atoms with van der Waals surface area (Å²) in [5, 5.41) is 0. The molecule has 2 rings (SSSR count). The highest BCUT2D eigenvalue weighted by molar-refractivity contribution is 6.23. The van der Waals surface area contributed by atoms with Crippen LogP contribution in [0.5, 0.6) is 0 Å². The quantitative estimate of drug-likeness (QED) is 0.616. The molecular weight excluding hydrogens is 270 g/mol. The van der Waals surface area contributed by atoms with Gasteiger partial charge in [0.25, 0.3) is 11.8 Å². The summed E-state index contributed by atoms with van der Waals surface area (Å²) in [6.45, 7) is 5.00. The van der Waals surface area contributed by atoms with Crippen LogP contribution < -0.4 is 0 Å². The van der Waals surface area contributed by atoms with Gasteiger partial charge in [0, 0.05) is 17.7 Å². The van der Waals surface area contributed by atoms with Crippen LogP contribution in [0.25, 0.3) is 0 Å². The maximum Gasteiger partial charge on any atom is 0.261 e. The Hall–Kier alpha value is -2.30. The third-order valence-corrected chi connectivity index (χ3v) is 3.60. The van der Waals surface area contributed by atoms with Gasteiger partial charge in [-0.1, -0.05) is 13.3 Å². The molecule has 5 nitrogen and oxygen atoms in total. The van der Waals surface area contributed by atoms with Crippen molar-refractivity contribution in [3.63, 3.8) is 0 Å². The standard InChI is InChI=1S/C16H17NO4/c1-4-5-6-17-15(20)13-7-11(9(2)18)12(10(3)19)8-14(13)16(17)21/h7-8H,4-6H2,1-3H3. The predicted octanol–water partition coefficient (Wildman–Crippen LogP) is 2.49. The fourth-order valence-electron chi connectivity index (χ4n) is 2.44. The van der Waals surface area contributed by atoms with Crippen LogP contribution in [-0.2, 0) is 0 Å². The van der Waals surface area contributed by atoms with Crippen molar-refractivity contribution in [3.8, 4) is 0 Å². The molecule has 0 saturated heterocycles. The number of carbonyl (C=O) groups excluding carboxylic acids is 4. The Morgan fingerprint density at radius 2 is 1.38 bits per heavy atom. The normalized spacial score (nSPS) is 13.6. The molecule has 0 aromatic heterocycles. The van der Waals surface area contributed by atoms with Crippen LogP contribution in [0, 0.1) is 0 Å². The SMILES string of the molecule is CCCCN1C(=O)c2cc(C(C)=O)c(C(C)=O)cc2C1=O. The molecule has 0 radical (unpaired) electrons. The number of hydrogen-bond donors (Lipinski definition) is 0. The van der Waals surface area contributed by atoms with Gasteiger partial charge in [-0.25, -0.2) is 0 Å². The van der Waals surface area contributed by atoms with E-state index in [1.165, 1.54) is 30.9 Å². The molecule has 1 aromatic carbocycles. The van der Waals surface area contributed by atoms with Crippen molar-refractivity contribution in [1.82, 2.24) is 4.90 Å². The maximum atomic E-state index is 12.3. The van der Waals surface area contributed by atoms with E-state index in [1.807, 2.05) is 6.92 Å². The molecule has 21 heavy (non-hydrogen) atoms. The maximum absolute atomic E-state index is 12.3. The van der Waals surface area contributed by atoms with E-state index in [2.05, 4.69) is 0 Å². The fourth-order valence-corrected chi connectivity index (χ4v) is 2.44. The van der Waals surface area contributed by atoms with Gasteiger partial charge in [-0.15, -0.1) is 0 Å². The zero-order chi connectivity index (χ0) is 15.7. The first-order valence-electron chi connectivity index (χ1n) is 6.94. The van der Waals surface area contributed by atoms with E-state index in [4.69, 9.17) is 0 Å². The molecule has 0 bridgehead atoms. The van der Waals surface area contributed by atoms with E-state index in [-0.39, 0.29) is 45.6 Å². The molecule has 0 N–H and O–H groups in total. The van der Waals surface area contributed by atoms with Gasteiger partial charge in [0.1, 0.15) is 0 Å². The van der Waals surface area contributed by atoms with Gasteiger partial charge < -0.3 is 0 Å². The molecule has 0 unspecified atom stereocenters. The Morgan fingerprint density at radius 1 is 0.952 bits per heavy atom. The van der Waals surface area contributed by atoms with E-state index in [0.29, 0.717) is 6.54 Å². The minimum Gasteiger partial charge on any atom is -0.294 e. The summed E-state index contributed by atoms with van der Waals surface area (Å²) in [5.41, 5.74) is 0.817. The van der Waals surface area contributed by atoms with E-state index < -0.39 is 0 Å². The number of Topliss-reactive ketones (excluding diaryl/α,β-unsaturated/α-hetero) is 2. The molecule has 110 valence electrons. The van der Waals surface area contributed by atoms with Crippen LogP contribution in [0.15, 0.2) is 12.1 Å². The first-order chi connectivity index (χ1) is 9.88. The van der Waals surface area contributed by atoms with Gasteiger partial charge >= 0.3 is 0 Å². The van der Waals surface area contributed by atoms with Crippen LogP contribution in [0.1, 0.15) is 75.0 Å². The van der Waals surface area contributed by atoms with E-state index >= 15 is 0 Å². The van der Waals surface area contributed by atoms with Gasteiger partial charge in [0.05, 0.1) is 11.1 Å². The van der Waals surface area contributed by atoms with Crippen LogP contribution in [0.3, 0.4) is 0 Å². The molecule has 1 aromatic rings. The molecule has 1 aliphatic heterocycles. The minimum absolute atomic E-state index is 0.194. The Kier molecular flexibility index (Phi) is 4.02.